The molecule has 0 unspecified atom stereocenters. The maximum Gasteiger partial charge on any atom is 0.239 e. The fourth-order valence-corrected chi connectivity index (χ4v) is 3.07. The minimum Gasteiger partial charge on any atom is -0.324 e. The Labute approximate surface area is 147 Å². The number of hydrogen-bond acceptors (Lipinski definition) is 4. The van der Waals surface area contributed by atoms with Gasteiger partial charge < -0.3 is 5.32 Å². The van der Waals surface area contributed by atoms with Crippen molar-refractivity contribution in [3.63, 3.8) is 0 Å². The second kappa shape index (κ2) is 8.42. The summed E-state index contributed by atoms with van der Waals surface area (Å²) < 4.78 is 25.0. The number of sulfonamides is 1. The molecule has 2 aromatic rings. The summed E-state index contributed by atoms with van der Waals surface area (Å²) in [5.74, 6) is -0.485. The van der Waals surface area contributed by atoms with Crippen molar-refractivity contribution in [2.24, 2.45) is 0 Å². The number of rotatable bonds is 7. The predicted octanol–water partition coefficient (Wildman–Crippen LogP) is 2.00. The zero-order valence-electron chi connectivity index (χ0n) is 13.8. The molecule has 1 N–H and O–H groups in total. The molecular weight excluding hydrogens is 338 g/mol. The molecule has 130 valence electrons. The van der Waals surface area contributed by atoms with E-state index in [0.717, 1.165) is 16.1 Å². The van der Waals surface area contributed by atoms with Gasteiger partial charge in [-0.25, -0.2) is 8.42 Å². The first-order valence-electron chi connectivity index (χ1n) is 7.68. The largest absolute Gasteiger partial charge is 0.324 e. The quantitative estimate of drug-likeness (QED) is 0.820. The number of carbonyl (C=O) groups is 1. The summed E-state index contributed by atoms with van der Waals surface area (Å²) in [5, 5.41) is 11.6. The first-order valence-corrected chi connectivity index (χ1v) is 9.53. The van der Waals surface area contributed by atoms with E-state index in [1.54, 1.807) is 24.3 Å². The Morgan fingerprint density at radius 2 is 1.76 bits per heavy atom. The number of benzene rings is 2. The zero-order valence-corrected chi connectivity index (χ0v) is 14.7. The minimum absolute atomic E-state index is 0.205. The van der Waals surface area contributed by atoms with Crippen LogP contribution in [0.4, 0.5) is 5.69 Å². The molecule has 0 aliphatic rings. The summed E-state index contributed by atoms with van der Waals surface area (Å²) in [5.41, 5.74) is 1.68. The molecule has 0 aliphatic carbocycles. The standard InChI is InChI=1S/C18H19N3O3S/c1-25(23,24)21(12-11-15-7-3-2-4-8-15)14-18(22)20-17-10-6-5-9-16(17)13-19/h2-10H,11-12,14H2,1H3,(H,20,22). The monoisotopic (exact) mass is 357 g/mol. The van der Waals surface area contributed by atoms with Crippen molar-refractivity contribution >= 4 is 21.6 Å². The molecule has 0 aliphatic heterocycles. The van der Waals surface area contributed by atoms with E-state index in [1.807, 2.05) is 36.4 Å². The van der Waals surface area contributed by atoms with E-state index in [9.17, 15) is 13.2 Å². The molecule has 2 rings (SSSR count). The highest BCUT2D eigenvalue weighted by molar-refractivity contribution is 7.88. The molecule has 0 atom stereocenters. The van der Waals surface area contributed by atoms with Crippen LogP contribution in [0.15, 0.2) is 54.6 Å². The molecule has 7 heteroatoms. The Balaban J connectivity index is 2.04. The van der Waals surface area contributed by atoms with Crippen LogP contribution >= 0.6 is 0 Å². The fraction of sp³-hybridized carbons (Fsp3) is 0.222. The predicted molar refractivity (Wildman–Crippen MR) is 96.3 cm³/mol. The third kappa shape index (κ3) is 5.71. The molecule has 0 spiro atoms. The second-order valence-corrected chi connectivity index (χ2v) is 7.52. The molecule has 0 fully saturated rings. The summed E-state index contributed by atoms with van der Waals surface area (Å²) in [7, 11) is -3.53. The molecule has 25 heavy (non-hydrogen) atoms. The normalized spacial score (nSPS) is 11.1. The van der Waals surface area contributed by atoms with Gasteiger partial charge in [-0.2, -0.15) is 9.57 Å². The smallest absolute Gasteiger partial charge is 0.239 e. The van der Waals surface area contributed by atoms with Crippen molar-refractivity contribution in [1.29, 1.82) is 5.26 Å². The van der Waals surface area contributed by atoms with Crippen LogP contribution in [0.1, 0.15) is 11.1 Å². The molecule has 0 bridgehead atoms. The lowest BCUT2D eigenvalue weighted by Gasteiger charge is -2.19. The molecular formula is C18H19N3O3S. The summed E-state index contributed by atoms with van der Waals surface area (Å²) >= 11 is 0. The Morgan fingerprint density at radius 1 is 1.12 bits per heavy atom. The van der Waals surface area contributed by atoms with Crippen LogP contribution in [0.5, 0.6) is 0 Å². The number of hydrogen-bond donors (Lipinski definition) is 1. The molecule has 0 heterocycles. The van der Waals surface area contributed by atoms with Crippen LogP contribution in [-0.4, -0.2) is 38.0 Å². The van der Waals surface area contributed by atoms with Gasteiger partial charge in [0, 0.05) is 6.54 Å². The lowest BCUT2D eigenvalue weighted by atomic mass is 10.1. The molecule has 0 saturated carbocycles. The second-order valence-electron chi connectivity index (χ2n) is 5.54. The van der Waals surface area contributed by atoms with Crippen molar-refractivity contribution < 1.29 is 13.2 Å². The van der Waals surface area contributed by atoms with Gasteiger partial charge in [-0.1, -0.05) is 42.5 Å². The van der Waals surface area contributed by atoms with Gasteiger partial charge in [-0.05, 0) is 24.1 Å². The van der Waals surface area contributed by atoms with Crippen molar-refractivity contribution in [3.8, 4) is 6.07 Å². The van der Waals surface area contributed by atoms with Crippen LogP contribution < -0.4 is 5.32 Å². The lowest BCUT2D eigenvalue weighted by molar-refractivity contribution is -0.116. The van der Waals surface area contributed by atoms with Crippen LogP contribution in [0.3, 0.4) is 0 Å². The number of para-hydroxylation sites is 1. The Hall–Kier alpha value is -2.69. The zero-order chi connectivity index (χ0) is 18.3. The first-order chi connectivity index (χ1) is 11.9. The van der Waals surface area contributed by atoms with Crippen molar-refractivity contribution in [2.75, 3.05) is 24.7 Å². The van der Waals surface area contributed by atoms with Gasteiger partial charge in [0.2, 0.25) is 15.9 Å². The number of nitrogens with zero attached hydrogens (tertiary/aromatic N) is 2. The van der Waals surface area contributed by atoms with E-state index in [2.05, 4.69) is 5.32 Å². The van der Waals surface area contributed by atoms with Gasteiger partial charge in [-0.3, -0.25) is 4.79 Å². The van der Waals surface area contributed by atoms with E-state index >= 15 is 0 Å². The molecule has 0 aromatic heterocycles. The van der Waals surface area contributed by atoms with Gasteiger partial charge in [0.05, 0.1) is 24.1 Å². The average molecular weight is 357 g/mol. The highest BCUT2D eigenvalue weighted by atomic mass is 32.2. The topological polar surface area (TPSA) is 90.3 Å². The molecule has 0 saturated heterocycles. The Bertz CT molecular complexity index is 874. The van der Waals surface area contributed by atoms with Gasteiger partial charge in [0.15, 0.2) is 0 Å². The van der Waals surface area contributed by atoms with Gasteiger partial charge >= 0.3 is 0 Å². The minimum atomic E-state index is -3.53. The molecule has 0 radical (unpaired) electrons. The third-order valence-corrected chi connectivity index (χ3v) is 4.85. The Morgan fingerprint density at radius 3 is 2.40 bits per heavy atom. The number of nitrogens with one attached hydrogen (secondary N) is 1. The number of anilines is 1. The summed E-state index contributed by atoms with van der Waals surface area (Å²) in [4.78, 5) is 12.2. The summed E-state index contributed by atoms with van der Waals surface area (Å²) in [6, 6.07) is 18.0. The van der Waals surface area contributed by atoms with Crippen LogP contribution in [0, 0.1) is 11.3 Å². The fourth-order valence-electron chi connectivity index (χ4n) is 2.30. The van der Waals surface area contributed by atoms with Crippen LogP contribution in [-0.2, 0) is 21.2 Å². The van der Waals surface area contributed by atoms with E-state index in [-0.39, 0.29) is 13.1 Å². The average Bonchev–Trinajstić information content (AvgIpc) is 2.59. The van der Waals surface area contributed by atoms with Crippen LogP contribution in [0.2, 0.25) is 0 Å². The van der Waals surface area contributed by atoms with Gasteiger partial charge in [-0.15, -0.1) is 0 Å². The van der Waals surface area contributed by atoms with Crippen molar-refractivity contribution in [3.05, 3.63) is 65.7 Å². The maximum atomic E-state index is 12.2. The van der Waals surface area contributed by atoms with Crippen molar-refractivity contribution in [2.45, 2.75) is 6.42 Å². The van der Waals surface area contributed by atoms with Crippen molar-refractivity contribution in [1.82, 2.24) is 4.31 Å². The van der Waals surface area contributed by atoms with E-state index in [0.29, 0.717) is 17.7 Å². The molecule has 6 nitrogen and oxygen atoms in total. The summed E-state index contributed by atoms with van der Waals surface area (Å²) in [6.45, 7) is -0.0956. The first kappa shape index (κ1) is 18.6. The third-order valence-electron chi connectivity index (χ3n) is 3.60. The van der Waals surface area contributed by atoms with Crippen LogP contribution in [0.25, 0.3) is 0 Å². The number of amides is 1. The number of nitriles is 1. The van der Waals surface area contributed by atoms with Gasteiger partial charge in [0.25, 0.3) is 0 Å². The SMILES string of the molecule is CS(=O)(=O)N(CCc1ccccc1)CC(=O)Nc1ccccc1C#N. The van der Waals surface area contributed by atoms with E-state index in [4.69, 9.17) is 5.26 Å². The van der Waals surface area contributed by atoms with Gasteiger partial charge in [0.1, 0.15) is 6.07 Å². The Kier molecular flexibility index (Phi) is 6.28. The van der Waals surface area contributed by atoms with E-state index < -0.39 is 15.9 Å². The lowest BCUT2D eigenvalue weighted by Crippen LogP contribution is -2.38. The molecule has 1 amide bonds. The number of carbonyl (C=O) groups excluding carboxylic acids is 1. The maximum absolute atomic E-state index is 12.2. The van der Waals surface area contributed by atoms with E-state index in [1.165, 1.54) is 0 Å². The summed E-state index contributed by atoms with van der Waals surface area (Å²) in [6.07, 6.45) is 1.59. The molecule has 2 aromatic carbocycles. The highest BCUT2D eigenvalue weighted by Crippen LogP contribution is 2.14. The highest BCUT2D eigenvalue weighted by Gasteiger charge is 2.20.